The Hall–Kier alpha value is 0.270. The van der Waals surface area contributed by atoms with E-state index in [0.717, 1.165) is 18.8 Å². The molecule has 1 atom stereocenters. The molecule has 0 aliphatic carbocycles. The number of hydrogen-bond donors (Lipinski definition) is 1. The smallest absolute Gasteiger partial charge is 0.0895 e. The fourth-order valence-corrected chi connectivity index (χ4v) is 4.94. The predicted molar refractivity (Wildman–Crippen MR) is 138 cm³/mol. The van der Waals surface area contributed by atoms with E-state index in [1.54, 1.807) is 0 Å². The van der Waals surface area contributed by atoms with Crippen LogP contribution in [0, 0.1) is 0 Å². The van der Waals surface area contributed by atoms with Gasteiger partial charge in [-0.15, -0.1) is 0 Å². The first-order chi connectivity index (χ1) is 14.8. The standard InChI is InChI=1S/C27H56O2S/c1-3-5-7-9-11-13-15-17-19-21-23-29-27(25-28)26-30-24-22-20-18-16-14-12-10-8-6-4-2/h27-28H,3-26H2,1-2H3. The van der Waals surface area contributed by atoms with Gasteiger partial charge >= 0.3 is 0 Å². The highest BCUT2D eigenvalue weighted by Crippen LogP contribution is 2.14. The van der Waals surface area contributed by atoms with Crippen molar-refractivity contribution in [3.8, 4) is 0 Å². The highest BCUT2D eigenvalue weighted by Gasteiger charge is 2.07. The van der Waals surface area contributed by atoms with Crippen LogP contribution in [0.4, 0.5) is 0 Å². The molecule has 0 rings (SSSR count). The maximum Gasteiger partial charge on any atom is 0.0895 e. The van der Waals surface area contributed by atoms with Crippen LogP contribution >= 0.6 is 11.8 Å². The number of unbranched alkanes of at least 4 members (excludes halogenated alkanes) is 18. The van der Waals surface area contributed by atoms with Gasteiger partial charge < -0.3 is 9.84 Å². The zero-order valence-electron chi connectivity index (χ0n) is 20.8. The topological polar surface area (TPSA) is 29.5 Å². The van der Waals surface area contributed by atoms with Gasteiger partial charge in [0, 0.05) is 12.4 Å². The fourth-order valence-electron chi connectivity index (χ4n) is 3.90. The second kappa shape index (κ2) is 27.3. The van der Waals surface area contributed by atoms with Crippen LogP contribution in [-0.2, 0) is 4.74 Å². The van der Waals surface area contributed by atoms with Crippen LogP contribution in [0.1, 0.15) is 142 Å². The van der Waals surface area contributed by atoms with Crippen molar-refractivity contribution < 1.29 is 9.84 Å². The van der Waals surface area contributed by atoms with E-state index in [1.165, 1.54) is 128 Å². The lowest BCUT2D eigenvalue weighted by molar-refractivity contribution is 0.0260. The van der Waals surface area contributed by atoms with Crippen LogP contribution in [-0.4, -0.2) is 35.9 Å². The van der Waals surface area contributed by atoms with Crippen molar-refractivity contribution in [2.24, 2.45) is 0 Å². The zero-order valence-corrected chi connectivity index (χ0v) is 21.6. The lowest BCUT2D eigenvalue weighted by Gasteiger charge is -2.15. The Morgan fingerprint density at radius 1 is 0.567 bits per heavy atom. The highest BCUT2D eigenvalue weighted by molar-refractivity contribution is 7.99. The van der Waals surface area contributed by atoms with Crippen LogP contribution in [0.25, 0.3) is 0 Å². The molecule has 0 aromatic carbocycles. The van der Waals surface area contributed by atoms with Gasteiger partial charge in [-0.1, -0.05) is 129 Å². The second-order valence-electron chi connectivity index (χ2n) is 9.11. The van der Waals surface area contributed by atoms with Gasteiger partial charge in [0.05, 0.1) is 12.7 Å². The van der Waals surface area contributed by atoms with E-state index in [1.807, 2.05) is 11.8 Å². The number of hydrogen-bond acceptors (Lipinski definition) is 3. The minimum Gasteiger partial charge on any atom is -0.394 e. The minimum absolute atomic E-state index is 0.0386. The molecule has 0 aromatic heterocycles. The molecule has 0 heterocycles. The summed E-state index contributed by atoms with van der Waals surface area (Å²) >= 11 is 1.96. The fraction of sp³-hybridized carbons (Fsp3) is 1.00. The Morgan fingerprint density at radius 2 is 0.967 bits per heavy atom. The van der Waals surface area contributed by atoms with E-state index in [-0.39, 0.29) is 12.7 Å². The van der Waals surface area contributed by atoms with E-state index in [2.05, 4.69) is 13.8 Å². The summed E-state index contributed by atoms with van der Waals surface area (Å²) in [5.41, 5.74) is 0. The molecular formula is C27H56O2S. The van der Waals surface area contributed by atoms with Crippen LogP contribution in [0.5, 0.6) is 0 Å². The van der Waals surface area contributed by atoms with Gasteiger partial charge in [-0.25, -0.2) is 0 Å². The van der Waals surface area contributed by atoms with Crippen LogP contribution in [0.3, 0.4) is 0 Å². The van der Waals surface area contributed by atoms with Gasteiger partial charge in [-0.05, 0) is 18.6 Å². The molecule has 0 amide bonds. The molecule has 0 spiro atoms. The molecule has 0 saturated heterocycles. The molecule has 0 aliphatic rings. The van der Waals surface area contributed by atoms with Crippen molar-refractivity contribution in [2.45, 2.75) is 148 Å². The van der Waals surface area contributed by atoms with Crippen molar-refractivity contribution in [2.75, 3.05) is 24.7 Å². The molecule has 3 heteroatoms. The van der Waals surface area contributed by atoms with Crippen molar-refractivity contribution in [1.29, 1.82) is 0 Å². The molecule has 0 saturated carbocycles. The van der Waals surface area contributed by atoms with Crippen molar-refractivity contribution in [3.63, 3.8) is 0 Å². The summed E-state index contributed by atoms with van der Waals surface area (Å²) in [4.78, 5) is 0. The van der Waals surface area contributed by atoms with Gasteiger partial charge in [0.1, 0.15) is 0 Å². The normalized spacial score (nSPS) is 12.5. The first kappa shape index (κ1) is 30.3. The number of rotatable bonds is 26. The Kier molecular flexibility index (Phi) is 27.5. The van der Waals surface area contributed by atoms with Crippen LogP contribution < -0.4 is 0 Å². The van der Waals surface area contributed by atoms with Crippen molar-refractivity contribution in [1.82, 2.24) is 0 Å². The Balaban J connectivity index is 3.27. The maximum atomic E-state index is 9.53. The number of thioether (sulfide) groups is 1. The summed E-state index contributed by atoms with van der Waals surface area (Å²) in [6.45, 7) is 5.55. The molecular weight excluding hydrogens is 388 g/mol. The zero-order chi connectivity index (χ0) is 22.0. The van der Waals surface area contributed by atoms with Gasteiger partial charge in [-0.3, -0.25) is 0 Å². The third kappa shape index (κ3) is 24.5. The number of aliphatic hydroxyl groups is 1. The predicted octanol–water partition coefficient (Wildman–Crippen LogP) is 8.94. The third-order valence-electron chi connectivity index (χ3n) is 6.00. The monoisotopic (exact) mass is 444 g/mol. The molecule has 0 aliphatic heterocycles. The molecule has 30 heavy (non-hydrogen) atoms. The van der Waals surface area contributed by atoms with E-state index in [0.29, 0.717) is 0 Å². The Bertz CT molecular complexity index is 299. The summed E-state index contributed by atoms with van der Waals surface area (Å²) in [7, 11) is 0. The minimum atomic E-state index is 0.0386. The average Bonchev–Trinajstić information content (AvgIpc) is 2.76. The van der Waals surface area contributed by atoms with Gasteiger partial charge in [-0.2, -0.15) is 11.8 Å². The molecule has 182 valence electrons. The van der Waals surface area contributed by atoms with E-state index in [9.17, 15) is 5.11 Å². The largest absolute Gasteiger partial charge is 0.394 e. The summed E-state index contributed by atoms with van der Waals surface area (Å²) in [6, 6.07) is 0. The molecule has 0 fully saturated rings. The summed E-state index contributed by atoms with van der Waals surface area (Å²) < 4.78 is 5.89. The number of ether oxygens (including phenoxy) is 1. The Labute approximate surface area is 194 Å². The first-order valence-corrected chi connectivity index (χ1v) is 14.8. The highest BCUT2D eigenvalue weighted by atomic mass is 32.2. The molecule has 1 unspecified atom stereocenters. The molecule has 2 nitrogen and oxygen atoms in total. The van der Waals surface area contributed by atoms with Crippen molar-refractivity contribution in [3.05, 3.63) is 0 Å². The van der Waals surface area contributed by atoms with Gasteiger partial charge in [0.25, 0.3) is 0 Å². The van der Waals surface area contributed by atoms with E-state index >= 15 is 0 Å². The molecule has 1 N–H and O–H groups in total. The summed E-state index contributed by atoms with van der Waals surface area (Å²) in [5, 5.41) is 9.53. The Morgan fingerprint density at radius 3 is 1.40 bits per heavy atom. The molecule has 0 radical (unpaired) electrons. The lowest BCUT2D eigenvalue weighted by Crippen LogP contribution is -2.21. The quantitative estimate of drug-likeness (QED) is 0.135. The lowest BCUT2D eigenvalue weighted by atomic mass is 10.1. The maximum absolute atomic E-state index is 9.53. The second-order valence-corrected chi connectivity index (χ2v) is 10.3. The van der Waals surface area contributed by atoms with Gasteiger partial charge in [0.15, 0.2) is 0 Å². The summed E-state index contributed by atoms with van der Waals surface area (Å²) in [6.07, 6.45) is 27.6. The molecule has 0 aromatic rings. The van der Waals surface area contributed by atoms with Gasteiger partial charge in [0.2, 0.25) is 0 Å². The third-order valence-corrected chi connectivity index (χ3v) is 7.19. The molecule has 0 bridgehead atoms. The average molecular weight is 445 g/mol. The van der Waals surface area contributed by atoms with E-state index < -0.39 is 0 Å². The SMILES string of the molecule is CCCCCCCCCCCCOC(CO)CSCCCCCCCCCCCC. The van der Waals surface area contributed by atoms with Crippen molar-refractivity contribution >= 4 is 11.8 Å². The van der Waals surface area contributed by atoms with Crippen LogP contribution in [0.2, 0.25) is 0 Å². The van der Waals surface area contributed by atoms with E-state index in [4.69, 9.17) is 4.74 Å². The summed E-state index contributed by atoms with van der Waals surface area (Å²) in [5.74, 6) is 2.17. The van der Waals surface area contributed by atoms with Crippen LogP contribution in [0.15, 0.2) is 0 Å². The number of aliphatic hydroxyl groups excluding tert-OH is 1. The first-order valence-electron chi connectivity index (χ1n) is 13.6.